The molecule has 6 heteroatoms. The van der Waals surface area contributed by atoms with E-state index in [-0.39, 0.29) is 6.10 Å². The Morgan fingerprint density at radius 1 is 1.59 bits per heavy atom. The van der Waals surface area contributed by atoms with Crippen LogP contribution in [-0.2, 0) is 14.3 Å². The van der Waals surface area contributed by atoms with Crippen molar-refractivity contribution >= 4 is 11.9 Å². The number of amides is 1. The van der Waals surface area contributed by atoms with E-state index in [1.54, 1.807) is 0 Å². The number of hydrogen-bond acceptors (Lipinski definition) is 4. The molecule has 2 unspecified atom stereocenters. The second kappa shape index (κ2) is 6.56. The average Bonchev–Trinajstić information content (AvgIpc) is 2.35. The summed E-state index contributed by atoms with van der Waals surface area (Å²) in [6, 6.07) is 0. The van der Waals surface area contributed by atoms with Gasteiger partial charge in [-0.25, -0.2) is 0 Å². The molecular formula is C11H20N2O4. The van der Waals surface area contributed by atoms with Gasteiger partial charge in [-0.2, -0.15) is 0 Å². The summed E-state index contributed by atoms with van der Waals surface area (Å²) in [6.45, 7) is 7.12. The van der Waals surface area contributed by atoms with E-state index in [0.717, 1.165) is 19.6 Å². The number of hydrogen-bond donors (Lipinski definition) is 2. The molecule has 0 aromatic heterocycles. The van der Waals surface area contributed by atoms with E-state index >= 15 is 0 Å². The van der Waals surface area contributed by atoms with E-state index in [1.165, 1.54) is 6.92 Å². The van der Waals surface area contributed by atoms with Crippen LogP contribution in [0.1, 0.15) is 13.8 Å². The second-order valence-electron chi connectivity index (χ2n) is 4.19. The lowest BCUT2D eigenvalue weighted by Crippen LogP contribution is -2.48. The summed E-state index contributed by atoms with van der Waals surface area (Å²) < 4.78 is 5.50. The number of morpholine rings is 1. The molecule has 0 aromatic rings. The van der Waals surface area contributed by atoms with Crippen molar-refractivity contribution in [3.8, 4) is 0 Å². The summed E-state index contributed by atoms with van der Waals surface area (Å²) in [6.07, 6.45) is -0.0476. The quantitative estimate of drug-likeness (QED) is 0.640. The molecule has 1 fully saturated rings. The fraction of sp³-hybridized carbons (Fsp3) is 0.818. The first kappa shape index (κ1) is 13.9. The first-order valence-electron chi connectivity index (χ1n) is 5.89. The van der Waals surface area contributed by atoms with Crippen molar-refractivity contribution in [3.63, 3.8) is 0 Å². The summed E-state index contributed by atoms with van der Waals surface area (Å²) in [5.74, 6) is -2.59. The molecular weight excluding hydrogens is 224 g/mol. The lowest BCUT2D eigenvalue weighted by atomic mass is 10.1. The van der Waals surface area contributed by atoms with E-state index < -0.39 is 17.8 Å². The third kappa shape index (κ3) is 4.32. The van der Waals surface area contributed by atoms with Gasteiger partial charge in [-0.05, 0) is 13.5 Å². The zero-order valence-electron chi connectivity index (χ0n) is 10.3. The molecule has 1 aliphatic rings. The van der Waals surface area contributed by atoms with Crippen LogP contribution in [0, 0.1) is 5.92 Å². The summed E-state index contributed by atoms with van der Waals surface area (Å²) in [7, 11) is 0. The van der Waals surface area contributed by atoms with Crippen LogP contribution < -0.4 is 5.32 Å². The number of carbonyl (C=O) groups excluding carboxylic acids is 1. The lowest BCUT2D eigenvalue weighted by molar-refractivity contribution is -0.146. The van der Waals surface area contributed by atoms with Gasteiger partial charge in [-0.15, -0.1) is 0 Å². The standard InChI is InChI=1S/C11H20N2O4/c1-3-13-4-5-17-9(7-13)6-12-10(14)8(2)11(15)16/h8-9H,3-7H2,1-2H3,(H,12,14)(H,15,16). The van der Waals surface area contributed by atoms with E-state index in [4.69, 9.17) is 9.84 Å². The van der Waals surface area contributed by atoms with Gasteiger partial charge in [0.15, 0.2) is 0 Å². The van der Waals surface area contributed by atoms with Crippen LogP contribution in [0.15, 0.2) is 0 Å². The zero-order valence-corrected chi connectivity index (χ0v) is 10.3. The maximum atomic E-state index is 11.4. The molecule has 0 aromatic carbocycles. The second-order valence-corrected chi connectivity index (χ2v) is 4.19. The molecule has 0 spiro atoms. The Kier molecular flexibility index (Phi) is 5.37. The Bertz CT molecular complexity index is 283. The van der Waals surface area contributed by atoms with Crippen LogP contribution >= 0.6 is 0 Å². The number of carbonyl (C=O) groups is 2. The maximum Gasteiger partial charge on any atom is 0.315 e. The highest BCUT2D eigenvalue weighted by Gasteiger charge is 2.23. The lowest BCUT2D eigenvalue weighted by Gasteiger charge is -2.32. The normalized spacial score (nSPS) is 23.1. The molecule has 17 heavy (non-hydrogen) atoms. The Labute approximate surface area is 101 Å². The molecule has 1 heterocycles. The fourth-order valence-corrected chi connectivity index (χ4v) is 1.67. The minimum absolute atomic E-state index is 0.0476. The van der Waals surface area contributed by atoms with Crippen molar-refractivity contribution in [2.45, 2.75) is 20.0 Å². The van der Waals surface area contributed by atoms with Crippen molar-refractivity contribution < 1.29 is 19.4 Å². The van der Waals surface area contributed by atoms with Gasteiger partial charge in [0.2, 0.25) is 5.91 Å². The number of nitrogens with one attached hydrogen (secondary N) is 1. The predicted molar refractivity (Wildman–Crippen MR) is 61.7 cm³/mol. The third-order valence-corrected chi connectivity index (χ3v) is 2.94. The van der Waals surface area contributed by atoms with Crippen molar-refractivity contribution in [2.24, 2.45) is 5.92 Å². The van der Waals surface area contributed by atoms with Crippen LogP contribution in [0.3, 0.4) is 0 Å². The molecule has 6 nitrogen and oxygen atoms in total. The maximum absolute atomic E-state index is 11.4. The summed E-state index contributed by atoms with van der Waals surface area (Å²) in [5, 5.41) is 11.3. The van der Waals surface area contributed by atoms with Crippen LogP contribution in [-0.4, -0.2) is 60.8 Å². The van der Waals surface area contributed by atoms with E-state index in [9.17, 15) is 9.59 Å². The van der Waals surface area contributed by atoms with Gasteiger partial charge in [0, 0.05) is 19.6 Å². The molecule has 1 saturated heterocycles. The zero-order chi connectivity index (χ0) is 12.8. The number of carboxylic acids is 1. The third-order valence-electron chi connectivity index (χ3n) is 2.94. The Morgan fingerprint density at radius 3 is 2.88 bits per heavy atom. The highest BCUT2D eigenvalue weighted by molar-refractivity contribution is 5.96. The largest absolute Gasteiger partial charge is 0.481 e. The first-order valence-corrected chi connectivity index (χ1v) is 5.89. The van der Waals surface area contributed by atoms with Crippen LogP contribution in [0.5, 0.6) is 0 Å². The molecule has 2 atom stereocenters. The van der Waals surface area contributed by atoms with Gasteiger partial charge >= 0.3 is 5.97 Å². The molecule has 1 amide bonds. The summed E-state index contributed by atoms with van der Waals surface area (Å²) in [5.41, 5.74) is 0. The van der Waals surface area contributed by atoms with Crippen LogP contribution in [0.2, 0.25) is 0 Å². The number of ether oxygens (including phenoxy) is 1. The van der Waals surface area contributed by atoms with Crippen LogP contribution in [0.25, 0.3) is 0 Å². The number of carboxylic acid groups (broad SMARTS) is 1. The molecule has 1 aliphatic heterocycles. The molecule has 0 bridgehead atoms. The Morgan fingerprint density at radius 2 is 2.29 bits per heavy atom. The van der Waals surface area contributed by atoms with Crippen molar-refractivity contribution in [2.75, 3.05) is 32.8 Å². The predicted octanol–water partition coefficient (Wildman–Crippen LogP) is -0.456. The minimum atomic E-state index is -1.11. The van der Waals surface area contributed by atoms with Crippen molar-refractivity contribution in [3.05, 3.63) is 0 Å². The van der Waals surface area contributed by atoms with Gasteiger partial charge in [-0.3, -0.25) is 14.5 Å². The SMILES string of the molecule is CCN1CCOC(CNC(=O)C(C)C(=O)O)C1. The van der Waals surface area contributed by atoms with E-state index in [0.29, 0.717) is 13.2 Å². The molecule has 0 radical (unpaired) electrons. The number of nitrogens with zero attached hydrogens (tertiary/aromatic N) is 1. The topological polar surface area (TPSA) is 78.9 Å². The Hall–Kier alpha value is -1.14. The van der Waals surface area contributed by atoms with Gasteiger partial charge in [0.25, 0.3) is 0 Å². The molecule has 2 N–H and O–H groups in total. The smallest absolute Gasteiger partial charge is 0.315 e. The highest BCUT2D eigenvalue weighted by atomic mass is 16.5. The molecule has 0 saturated carbocycles. The number of rotatable bonds is 5. The number of likely N-dealkylation sites (N-methyl/N-ethyl adjacent to an activating group) is 1. The molecule has 98 valence electrons. The Balaban J connectivity index is 2.30. The molecule has 0 aliphatic carbocycles. The van der Waals surface area contributed by atoms with Gasteiger partial charge in [0.1, 0.15) is 5.92 Å². The minimum Gasteiger partial charge on any atom is -0.481 e. The van der Waals surface area contributed by atoms with Crippen molar-refractivity contribution in [1.29, 1.82) is 0 Å². The van der Waals surface area contributed by atoms with Crippen LogP contribution in [0.4, 0.5) is 0 Å². The summed E-state index contributed by atoms with van der Waals surface area (Å²) in [4.78, 5) is 24.2. The molecule has 1 rings (SSSR count). The van der Waals surface area contributed by atoms with E-state index in [2.05, 4.69) is 17.1 Å². The number of aliphatic carboxylic acids is 1. The highest BCUT2D eigenvalue weighted by Crippen LogP contribution is 2.04. The van der Waals surface area contributed by atoms with Gasteiger partial charge in [0.05, 0.1) is 12.7 Å². The van der Waals surface area contributed by atoms with Gasteiger partial charge in [-0.1, -0.05) is 6.92 Å². The average molecular weight is 244 g/mol. The van der Waals surface area contributed by atoms with Gasteiger partial charge < -0.3 is 15.2 Å². The fourth-order valence-electron chi connectivity index (χ4n) is 1.67. The monoisotopic (exact) mass is 244 g/mol. The van der Waals surface area contributed by atoms with Crippen molar-refractivity contribution in [1.82, 2.24) is 10.2 Å². The first-order chi connectivity index (χ1) is 8.04. The van der Waals surface area contributed by atoms with E-state index in [1.807, 2.05) is 0 Å². The summed E-state index contributed by atoms with van der Waals surface area (Å²) >= 11 is 0.